The lowest BCUT2D eigenvalue weighted by Gasteiger charge is -2.19. The van der Waals surface area contributed by atoms with Crippen molar-refractivity contribution in [2.75, 3.05) is 6.54 Å². The Labute approximate surface area is 142 Å². The molecule has 2 nitrogen and oxygen atoms in total. The van der Waals surface area contributed by atoms with E-state index in [0.29, 0.717) is 0 Å². The summed E-state index contributed by atoms with van der Waals surface area (Å²) in [5.41, 5.74) is 2.57. The standard InChI is InChI=1S/C17H17Br2NO/c1-11(15-7-6-13(18)9-16(15)19)20-10-14-8-12-4-2-3-5-17(12)21-14/h2-7,9,11,14,20H,8,10H2,1H3. The number of nitrogens with one attached hydrogen (secondary N) is 1. The summed E-state index contributed by atoms with van der Waals surface area (Å²) in [5, 5.41) is 3.57. The van der Waals surface area contributed by atoms with Gasteiger partial charge < -0.3 is 10.1 Å². The smallest absolute Gasteiger partial charge is 0.123 e. The molecule has 0 radical (unpaired) electrons. The minimum Gasteiger partial charge on any atom is -0.488 e. The topological polar surface area (TPSA) is 21.3 Å². The summed E-state index contributed by atoms with van der Waals surface area (Å²) < 4.78 is 8.16. The molecule has 1 N–H and O–H groups in total. The van der Waals surface area contributed by atoms with Crippen molar-refractivity contribution in [2.24, 2.45) is 0 Å². The van der Waals surface area contributed by atoms with E-state index in [1.807, 2.05) is 12.1 Å². The Hall–Kier alpha value is -0.840. The molecule has 0 spiro atoms. The highest BCUT2D eigenvalue weighted by Crippen LogP contribution is 2.29. The largest absolute Gasteiger partial charge is 0.488 e. The fourth-order valence-corrected chi connectivity index (χ4v) is 4.03. The number of hydrogen-bond donors (Lipinski definition) is 1. The van der Waals surface area contributed by atoms with E-state index >= 15 is 0 Å². The van der Waals surface area contributed by atoms with Crippen molar-refractivity contribution in [3.05, 3.63) is 62.5 Å². The number of fused-ring (bicyclic) bond motifs is 1. The summed E-state index contributed by atoms with van der Waals surface area (Å²) in [6.45, 7) is 3.02. The SMILES string of the molecule is CC(NCC1Cc2ccccc2O1)c1ccc(Br)cc1Br. The first kappa shape index (κ1) is 15.1. The number of para-hydroxylation sites is 1. The third-order valence-electron chi connectivity index (χ3n) is 3.79. The van der Waals surface area contributed by atoms with Crippen LogP contribution in [0.2, 0.25) is 0 Å². The van der Waals surface area contributed by atoms with Gasteiger partial charge in [0.1, 0.15) is 11.9 Å². The molecule has 3 rings (SSSR count). The maximum atomic E-state index is 5.96. The van der Waals surface area contributed by atoms with Crippen LogP contribution in [0.4, 0.5) is 0 Å². The quantitative estimate of drug-likeness (QED) is 0.776. The van der Waals surface area contributed by atoms with Gasteiger partial charge in [0.2, 0.25) is 0 Å². The van der Waals surface area contributed by atoms with E-state index in [1.54, 1.807) is 0 Å². The van der Waals surface area contributed by atoms with E-state index in [4.69, 9.17) is 4.74 Å². The van der Waals surface area contributed by atoms with Crippen molar-refractivity contribution >= 4 is 31.9 Å². The van der Waals surface area contributed by atoms with Crippen molar-refractivity contribution in [1.29, 1.82) is 0 Å². The summed E-state index contributed by atoms with van der Waals surface area (Å²) in [5.74, 6) is 1.03. The Morgan fingerprint density at radius 3 is 2.81 bits per heavy atom. The molecule has 2 atom stereocenters. The number of hydrogen-bond acceptors (Lipinski definition) is 2. The van der Waals surface area contributed by atoms with E-state index in [1.165, 1.54) is 11.1 Å². The van der Waals surface area contributed by atoms with E-state index in [0.717, 1.165) is 27.7 Å². The number of ether oxygens (including phenoxy) is 1. The first-order valence-corrected chi connectivity index (χ1v) is 8.65. The number of benzene rings is 2. The molecule has 21 heavy (non-hydrogen) atoms. The molecule has 0 saturated heterocycles. The van der Waals surface area contributed by atoms with Gasteiger partial charge in [0.25, 0.3) is 0 Å². The van der Waals surface area contributed by atoms with Crippen LogP contribution in [0, 0.1) is 0 Å². The molecule has 2 aromatic carbocycles. The van der Waals surface area contributed by atoms with Crippen LogP contribution in [0.5, 0.6) is 5.75 Å². The van der Waals surface area contributed by atoms with Gasteiger partial charge in [-0.25, -0.2) is 0 Å². The third-order valence-corrected chi connectivity index (χ3v) is 4.97. The maximum absolute atomic E-state index is 5.96. The summed E-state index contributed by atoms with van der Waals surface area (Å²) in [4.78, 5) is 0. The van der Waals surface area contributed by atoms with Gasteiger partial charge in [0, 0.05) is 28.0 Å². The fraction of sp³-hybridized carbons (Fsp3) is 0.294. The lowest BCUT2D eigenvalue weighted by Crippen LogP contribution is -2.32. The van der Waals surface area contributed by atoms with Gasteiger partial charge in [0.15, 0.2) is 0 Å². The van der Waals surface area contributed by atoms with Crippen LogP contribution in [0.1, 0.15) is 24.1 Å². The number of rotatable bonds is 4. The minimum absolute atomic E-state index is 0.221. The van der Waals surface area contributed by atoms with Crippen LogP contribution in [0.15, 0.2) is 51.4 Å². The molecule has 4 heteroatoms. The number of halogens is 2. The Kier molecular flexibility index (Phi) is 4.67. The van der Waals surface area contributed by atoms with Gasteiger partial charge in [-0.05, 0) is 36.2 Å². The Morgan fingerprint density at radius 1 is 1.24 bits per heavy atom. The van der Waals surface area contributed by atoms with E-state index in [9.17, 15) is 0 Å². The van der Waals surface area contributed by atoms with Crippen LogP contribution in [-0.4, -0.2) is 12.6 Å². The first-order chi connectivity index (χ1) is 10.1. The summed E-state index contributed by atoms with van der Waals surface area (Å²) in [7, 11) is 0. The molecule has 0 aliphatic carbocycles. The zero-order valence-corrected chi connectivity index (χ0v) is 14.9. The molecule has 0 amide bonds. The zero-order chi connectivity index (χ0) is 14.8. The van der Waals surface area contributed by atoms with Crippen LogP contribution in [0.25, 0.3) is 0 Å². The lowest BCUT2D eigenvalue weighted by atomic mass is 10.1. The van der Waals surface area contributed by atoms with Gasteiger partial charge in [-0.15, -0.1) is 0 Å². The molecule has 1 aliphatic heterocycles. The van der Waals surface area contributed by atoms with Crippen LogP contribution >= 0.6 is 31.9 Å². The molecular formula is C17H17Br2NO. The van der Waals surface area contributed by atoms with Crippen molar-refractivity contribution in [3.63, 3.8) is 0 Å². The van der Waals surface area contributed by atoms with E-state index in [-0.39, 0.29) is 12.1 Å². The van der Waals surface area contributed by atoms with Gasteiger partial charge in [-0.3, -0.25) is 0 Å². The molecule has 0 aromatic heterocycles. The molecule has 110 valence electrons. The van der Waals surface area contributed by atoms with E-state index in [2.05, 4.69) is 74.4 Å². The van der Waals surface area contributed by atoms with Gasteiger partial charge in [-0.1, -0.05) is 56.1 Å². The highest BCUT2D eigenvalue weighted by molar-refractivity contribution is 9.11. The molecule has 1 aliphatic rings. The van der Waals surface area contributed by atoms with Crippen molar-refractivity contribution in [3.8, 4) is 5.75 Å². The molecule has 2 unspecified atom stereocenters. The summed E-state index contributed by atoms with van der Waals surface area (Å²) in [6.07, 6.45) is 1.20. The second-order valence-electron chi connectivity index (χ2n) is 5.35. The summed E-state index contributed by atoms with van der Waals surface area (Å²) in [6, 6.07) is 14.8. The minimum atomic E-state index is 0.221. The maximum Gasteiger partial charge on any atom is 0.123 e. The van der Waals surface area contributed by atoms with Crippen LogP contribution < -0.4 is 10.1 Å². The highest BCUT2D eigenvalue weighted by atomic mass is 79.9. The van der Waals surface area contributed by atoms with Gasteiger partial charge >= 0.3 is 0 Å². The van der Waals surface area contributed by atoms with Crippen molar-refractivity contribution in [2.45, 2.75) is 25.5 Å². The van der Waals surface area contributed by atoms with Gasteiger partial charge in [0.05, 0.1) is 0 Å². The molecular weight excluding hydrogens is 394 g/mol. The second kappa shape index (κ2) is 6.51. The van der Waals surface area contributed by atoms with Crippen LogP contribution in [-0.2, 0) is 6.42 Å². The molecule has 1 heterocycles. The third kappa shape index (κ3) is 3.50. The Morgan fingerprint density at radius 2 is 2.05 bits per heavy atom. The Bertz CT molecular complexity index is 619. The highest BCUT2D eigenvalue weighted by Gasteiger charge is 2.22. The van der Waals surface area contributed by atoms with E-state index < -0.39 is 0 Å². The van der Waals surface area contributed by atoms with Gasteiger partial charge in [-0.2, -0.15) is 0 Å². The van der Waals surface area contributed by atoms with Crippen molar-refractivity contribution < 1.29 is 4.74 Å². The first-order valence-electron chi connectivity index (χ1n) is 7.06. The molecule has 0 fully saturated rings. The monoisotopic (exact) mass is 409 g/mol. The fourth-order valence-electron chi connectivity index (χ4n) is 2.64. The predicted molar refractivity (Wildman–Crippen MR) is 92.8 cm³/mol. The molecule has 0 saturated carbocycles. The predicted octanol–water partition coefficient (Wildman–Crippen LogP) is 4.87. The molecule has 0 bridgehead atoms. The lowest BCUT2D eigenvalue weighted by molar-refractivity contribution is 0.222. The van der Waals surface area contributed by atoms with Crippen molar-refractivity contribution in [1.82, 2.24) is 5.32 Å². The average Bonchev–Trinajstić information content (AvgIpc) is 2.87. The zero-order valence-electron chi connectivity index (χ0n) is 11.8. The van der Waals surface area contributed by atoms with Crippen LogP contribution in [0.3, 0.4) is 0 Å². The Balaban J connectivity index is 1.59. The summed E-state index contributed by atoms with van der Waals surface area (Å²) >= 11 is 7.11. The molecule has 2 aromatic rings. The normalized spacial score (nSPS) is 18.1. The second-order valence-corrected chi connectivity index (χ2v) is 7.12. The average molecular weight is 411 g/mol.